The van der Waals surface area contributed by atoms with Crippen molar-refractivity contribution in [1.82, 2.24) is 14.6 Å². The first-order valence-electron chi connectivity index (χ1n) is 20.4. The molecule has 4 rings (SSSR count). The number of ether oxygens (including phenoxy) is 2. The molecule has 57 heavy (non-hydrogen) atoms. The molecule has 0 saturated carbocycles. The van der Waals surface area contributed by atoms with E-state index in [-0.39, 0.29) is 35.9 Å². The summed E-state index contributed by atoms with van der Waals surface area (Å²) in [5, 5.41) is 45.6. The van der Waals surface area contributed by atoms with Gasteiger partial charge in [0, 0.05) is 12.7 Å². The van der Waals surface area contributed by atoms with Crippen molar-refractivity contribution in [3.8, 4) is 12.1 Å². The second kappa shape index (κ2) is 23.8. The van der Waals surface area contributed by atoms with Crippen molar-refractivity contribution in [2.24, 2.45) is 0 Å². The second-order valence-electron chi connectivity index (χ2n) is 14.8. The molecule has 1 fully saturated rings. The standard InChI is InChI=1S/C41H60FN6O8P/c1-3-4-5-6-7-8-9-10-11-12-13-14-15-16-17-18-19-20-33(28-53-27-32-22-21-31(26-43)25-34(32)42)55-57(51,52-2)56-40-37(49)38(50)41(29-44,54-40)36-24-23-35-39(45)46-30-47-48(35)36/h21-25,30,33,37-38,40,49-50H,3-20,27-28H2,1-2H3,(H2,45,46,47)/t33-,37+,38-,40-,41+,57?/m1/s1. The summed E-state index contributed by atoms with van der Waals surface area (Å²) in [6.07, 6.45) is 15.9. The lowest BCUT2D eigenvalue weighted by atomic mass is 9.93. The van der Waals surface area contributed by atoms with Crippen LogP contribution >= 0.6 is 7.82 Å². The highest BCUT2D eigenvalue weighted by Gasteiger charge is 2.60. The van der Waals surface area contributed by atoms with Gasteiger partial charge in [0.25, 0.3) is 0 Å². The summed E-state index contributed by atoms with van der Waals surface area (Å²) in [6.45, 7) is 1.99. The minimum atomic E-state index is -4.54. The van der Waals surface area contributed by atoms with Gasteiger partial charge in [0.1, 0.15) is 35.9 Å². The van der Waals surface area contributed by atoms with Crippen molar-refractivity contribution in [1.29, 1.82) is 10.5 Å². The van der Waals surface area contributed by atoms with Gasteiger partial charge in [-0.05, 0) is 30.7 Å². The molecule has 0 spiro atoms. The lowest BCUT2D eigenvalue weighted by Crippen LogP contribution is -2.40. The molecule has 1 saturated heterocycles. The van der Waals surface area contributed by atoms with Crippen LogP contribution in [0.5, 0.6) is 0 Å². The minimum absolute atomic E-state index is 0.0278. The number of hydrogen-bond acceptors (Lipinski definition) is 13. The van der Waals surface area contributed by atoms with Crippen molar-refractivity contribution in [2.45, 2.75) is 159 Å². The third kappa shape index (κ3) is 13.3. The number of nitriles is 2. The predicted octanol–water partition coefficient (Wildman–Crippen LogP) is 8.53. The largest absolute Gasteiger partial charge is 0.477 e. The first-order valence-corrected chi connectivity index (χ1v) is 21.9. The highest BCUT2D eigenvalue weighted by Crippen LogP contribution is 2.54. The fourth-order valence-corrected chi connectivity index (χ4v) is 8.29. The van der Waals surface area contributed by atoms with E-state index in [4.69, 9.17) is 34.0 Å². The number of aromatic nitrogens is 3. The van der Waals surface area contributed by atoms with Crippen LogP contribution in [0.4, 0.5) is 10.2 Å². The number of fused-ring (bicyclic) bond motifs is 1. The molecule has 3 aromatic rings. The quantitative estimate of drug-likeness (QED) is 0.0464. The maximum atomic E-state index is 14.6. The van der Waals surface area contributed by atoms with Gasteiger partial charge in [-0.3, -0.25) is 13.6 Å². The van der Waals surface area contributed by atoms with Crippen LogP contribution in [0.3, 0.4) is 0 Å². The number of halogens is 1. The van der Waals surface area contributed by atoms with E-state index < -0.39 is 43.8 Å². The molecule has 3 heterocycles. The molecule has 0 amide bonds. The zero-order valence-electron chi connectivity index (χ0n) is 33.4. The molecule has 1 unspecified atom stereocenters. The van der Waals surface area contributed by atoms with Gasteiger partial charge in [0.15, 0.2) is 12.1 Å². The average Bonchev–Trinajstić information content (AvgIpc) is 3.75. The van der Waals surface area contributed by atoms with E-state index in [2.05, 4.69) is 17.0 Å². The highest BCUT2D eigenvalue weighted by atomic mass is 31.2. The van der Waals surface area contributed by atoms with Crippen LogP contribution in [0, 0.1) is 28.5 Å². The van der Waals surface area contributed by atoms with Crippen molar-refractivity contribution < 1.29 is 42.2 Å². The minimum Gasteiger partial charge on any atom is -0.386 e. The molecule has 14 nitrogen and oxygen atoms in total. The van der Waals surface area contributed by atoms with Gasteiger partial charge in [0.05, 0.1) is 36.6 Å². The Bertz CT molecular complexity index is 1800. The molecule has 1 aliphatic rings. The van der Waals surface area contributed by atoms with E-state index >= 15 is 0 Å². The second-order valence-corrected chi connectivity index (χ2v) is 16.5. The highest BCUT2D eigenvalue weighted by molar-refractivity contribution is 7.48. The zero-order chi connectivity index (χ0) is 41.1. The molecule has 314 valence electrons. The summed E-state index contributed by atoms with van der Waals surface area (Å²) in [5.41, 5.74) is 4.49. The molecule has 0 aliphatic carbocycles. The van der Waals surface area contributed by atoms with E-state index in [1.165, 1.54) is 112 Å². The summed E-state index contributed by atoms with van der Waals surface area (Å²) in [4.78, 5) is 3.92. The fraction of sp³-hybridized carbons (Fsp3) is 0.659. The van der Waals surface area contributed by atoms with Crippen LogP contribution in [0.25, 0.3) is 5.52 Å². The first kappa shape index (κ1) is 46.2. The normalized spacial score (nSPS) is 21.0. The summed E-state index contributed by atoms with van der Waals surface area (Å²) < 4.78 is 58.1. The number of phosphoric acid groups is 1. The molecule has 2 aromatic heterocycles. The van der Waals surface area contributed by atoms with Crippen molar-refractivity contribution in [3.63, 3.8) is 0 Å². The van der Waals surface area contributed by atoms with Crippen molar-refractivity contribution >= 4 is 19.2 Å². The van der Waals surface area contributed by atoms with Crippen LogP contribution < -0.4 is 5.73 Å². The van der Waals surface area contributed by atoms with Crippen LogP contribution in [0.2, 0.25) is 0 Å². The Morgan fingerprint density at radius 1 is 0.965 bits per heavy atom. The number of phosphoric ester groups is 1. The zero-order valence-corrected chi connectivity index (χ0v) is 34.3. The van der Waals surface area contributed by atoms with Gasteiger partial charge in [-0.2, -0.15) is 15.6 Å². The van der Waals surface area contributed by atoms with Crippen molar-refractivity contribution in [3.05, 3.63) is 59.3 Å². The number of aliphatic hydroxyl groups excluding tert-OH is 2. The number of nitrogens with zero attached hydrogens (tertiary/aromatic N) is 5. The van der Waals surface area contributed by atoms with E-state index in [0.29, 0.717) is 18.4 Å². The van der Waals surface area contributed by atoms with Gasteiger partial charge in [0.2, 0.25) is 5.60 Å². The van der Waals surface area contributed by atoms with Crippen LogP contribution in [-0.4, -0.2) is 63.1 Å². The predicted molar refractivity (Wildman–Crippen MR) is 212 cm³/mol. The number of aliphatic hydroxyl groups is 2. The molecular weight excluding hydrogens is 754 g/mol. The lowest BCUT2D eigenvalue weighted by molar-refractivity contribution is -0.147. The number of anilines is 1. The van der Waals surface area contributed by atoms with Gasteiger partial charge in [-0.25, -0.2) is 18.5 Å². The van der Waals surface area contributed by atoms with E-state index in [1.54, 1.807) is 0 Å². The van der Waals surface area contributed by atoms with Gasteiger partial charge in [-0.1, -0.05) is 122 Å². The Kier molecular flexibility index (Phi) is 19.3. The number of rotatable bonds is 28. The topological polar surface area (TPSA) is 207 Å². The monoisotopic (exact) mass is 814 g/mol. The fourth-order valence-electron chi connectivity index (χ4n) is 7.11. The summed E-state index contributed by atoms with van der Waals surface area (Å²) >= 11 is 0. The Balaban J connectivity index is 1.29. The summed E-state index contributed by atoms with van der Waals surface area (Å²) in [6, 6.07) is 10.8. The number of hydrogen-bond donors (Lipinski definition) is 3. The van der Waals surface area contributed by atoms with Crippen LogP contribution in [0.1, 0.15) is 139 Å². The number of nitrogen functional groups attached to an aromatic ring is 1. The Labute approximate surface area is 336 Å². The Morgan fingerprint density at radius 3 is 2.14 bits per heavy atom. The molecule has 0 radical (unpaired) electrons. The summed E-state index contributed by atoms with van der Waals surface area (Å²) in [7, 11) is -3.45. The molecule has 0 bridgehead atoms. The smallest absolute Gasteiger partial charge is 0.386 e. The van der Waals surface area contributed by atoms with E-state index in [0.717, 1.165) is 38.8 Å². The van der Waals surface area contributed by atoms with E-state index in [1.807, 2.05) is 12.1 Å². The number of nitrogens with two attached hydrogens (primary N) is 1. The number of benzene rings is 1. The van der Waals surface area contributed by atoms with Gasteiger partial charge < -0.3 is 25.4 Å². The number of unbranched alkanes of at least 4 members (excludes halogenated alkanes) is 16. The molecule has 16 heteroatoms. The average molecular weight is 815 g/mol. The SMILES string of the molecule is CCCCCCCCCCCCCCCCCCC[C@H](COCc1ccc(C#N)cc1F)OP(=O)(OC)O[C@H]1O[C@@](C#N)(c2ccc3c(N)ncnn23)[C@H](O)[C@@H]1O. The summed E-state index contributed by atoms with van der Waals surface area (Å²) in [5.74, 6) is -0.486. The Hall–Kier alpha value is -3.50. The van der Waals surface area contributed by atoms with Crippen molar-refractivity contribution in [2.75, 3.05) is 19.5 Å². The third-order valence-electron chi connectivity index (χ3n) is 10.5. The van der Waals surface area contributed by atoms with Crippen LogP contribution in [0.15, 0.2) is 36.7 Å². The molecule has 1 aromatic carbocycles. The maximum absolute atomic E-state index is 14.6. The van der Waals surface area contributed by atoms with Gasteiger partial charge >= 0.3 is 7.82 Å². The van der Waals surface area contributed by atoms with E-state index in [9.17, 15) is 24.4 Å². The lowest BCUT2D eigenvalue weighted by Gasteiger charge is -2.26. The Morgan fingerprint density at radius 2 is 1.58 bits per heavy atom. The third-order valence-corrected chi connectivity index (χ3v) is 11.9. The molecular formula is C41H60FN6O8P. The molecule has 6 atom stereocenters. The maximum Gasteiger partial charge on any atom is 0.477 e. The first-order chi connectivity index (χ1) is 27.6. The molecule has 1 aliphatic heterocycles. The van der Waals surface area contributed by atoms with Crippen LogP contribution in [-0.2, 0) is 39.8 Å². The van der Waals surface area contributed by atoms with Gasteiger partial charge in [-0.15, -0.1) is 0 Å². The molecule has 4 N–H and O–H groups in total.